The van der Waals surface area contributed by atoms with Crippen LogP contribution in [0.2, 0.25) is 0 Å². The van der Waals surface area contributed by atoms with Gasteiger partial charge in [0, 0.05) is 0 Å². The summed E-state index contributed by atoms with van der Waals surface area (Å²) >= 11 is 0. The zero-order chi connectivity index (χ0) is 16.1. The van der Waals surface area contributed by atoms with E-state index >= 15 is 0 Å². The van der Waals surface area contributed by atoms with Gasteiger partial charge in [-0.1, -0.05) is 41.5 Å². The molecule has 0 saturated carbocycles. The summed E-state index contributed by atoms with van der Waals surface area (Å²) in [5.41, 5.74) is -0.105. The number of likely N-dealkylation sites (N-methyl/N-ethyl adjacent to an activating group) is 1. The number of aliphatic hydroxyl groups is 1. The molecule has 0 heterocycles. The molecule has 0 rings (SSSR count). The van der Waals surface area contributed by atoms with E-state index in [0.717, 1.165) is 6.42 Å². The first-order valence-electron chi connectivity index (χ1n) is 7.13. The maximum atomic E-state index is 12.3. The smallest absolute Gasteiger partial charge is 0.309 e. The highest BCUT2D eigenvalue weighted by atomic mass is 16.5. The Morgan fingerprint density at radius 1 is 1.25 bits per heavy atom. The molecule has 0 aliphatic heterocycles. The van der Waals surface area contributed by atoms with Gasteiger partial charge < -0.3 is 14.7 Å². The Bertz CT molecular complexity index is 305. The molecular weight excluding hydrogens is 253 g/mol. The third-order valence-electron chi connectivity index (χ3n) is 3.35. The zero-order valence-electron chi connectivity index (χ0n) is 14.1. The summed E-state index contributed by atoms with van der Waals surface area (Å²) in [6, 6.07) is -0.366. The molecule has 116 valence electrons. The molecule has 5 heteroatoms. The van der Waals surface area contributed by atoms with Crippen LogP contribution in [0.4, 0.5) is 0 Å². The Labute approximate surface area is 125 Å². The average molecular weight is 283 g/mol. The molecule has 1 N–H and O–H groups in total. The summed E-state index contributed by atoms with van der Waals surface area (Å²) < 4.78 is 5.37. The summed E-state index contributed by atoms with van der Waals surface area (Å²) in [6.07, 6.45) is 0.761. The van der Waals surface area contributed by atoms with Crippen molar-refractivity contribution < 1.29 is 14.6 Å². The Hall–Kier alpha value is -0.545. The maximum Gasteiger partial charge on any atom is 0.309 e. The normalized spacial score (nSPS) is 16.1. The third-order valence-corrected chi connectivity index (χ3v) is 3.35. The fourth-order valence-corrected chi connectivity index (χ4v) is 1.93. The quantitative estimate of drug-likeness (QED) is 0.598. The van der Waals surface area contributed by atoms with Gasteiger partial charge >= 0.3 is 5.97 Å². The number of carbonyl (C=O) groups is 1. The van der Waals surface area contributed by atoms with Crippen LogP contribution in [0.5, 0.6) is 0 Å². The summed E-state index contributed by atoms with van der Waals surface area (Å²) in [5, 5.41) is 9.18. The van der Waals surface area contributed by atoms with E-state index in [0.29, 0.717) is 0 Å². The standard InChI is InChI=1S/C15H30BNO3/c1-14(2,3)8-12(15(4,5)6)13(19)20-10-11(9-18)17(7)16/h11-12,18H,8-10H2,1-7H3. The van der Waals surface area contributed by atoms with Crippen LogP contribution in [-0.4, -0.2) is 50.2 Å². The van der Waals surface area contributed by atoms with Crippen LogP contribution in [-0.2, 0) is 9.53 Å². The van der Waals surface area contributed by atoms with Crippen molar-refractivity contribution >= 4 is 14.0 Å². The molecule has 0 spiro atoms. The van der Waals surface area contributed by atoms with Gasteiger partial charge in [-0.05, 0) is 24.3 Å². The molecule has 0 aromatic rings. The first-order valence-corrected chi connectivity index (χ1v) is 7.13. The minimum atomic E-state index is -0.366. The van der Waals surface area contributed by atoms with Crippen molar-refractivity contribution in [2.75, 3.05) is 20.3 Å². The van der Waals surface area contributed by atoms with E-state index < -0.39 is 0 Å². The van der Waals surface area contributed by atoms with E-state index in [4.69, 9.17) is 12.7 Å². The van der Waals surface area contributed by atoms with Crippen molar-refractivity contribution in [3.63, 3.8) is 0 Å². The Balaban J connectivity index is 4.73. The molecule has 0 aromatic carbocycles. The van der Waals surface area contributed by atoms with Crippen molar-refractivity contribution in [2.45, 2.75) is 54.0 Å². The first kappa shape index (κ1) is 19.5. The number of aliphatic hydroxyl groups excluding tert-OH is 1. The monoisotopic (exact) mass is 283 g/mol. The molecule has 0 saturated heterocycles. The van der Waals surface area contributed by atoms with E-state index in [-0.39, 0.29) is 42.0 Å². The summed E-state index contributed by atoms with van der Waals surface area (Å²) in [5.74, 6) is -0.391. The fourth-order valence-electron chi connectivity index (χ4n) is 1.93. The fraction of sp³-hybridized carbons (Fsp3) is 0.933. The van der Waals surface area contributed by atoms with Crippen LogP contribution < -0.4 is 0 Å². The number of hydrogen-bond acceptors (Lipinski definition) is 4. The van der Waals surface area contributed by atoms with Gasteiger partial charge in [-0.2, -0.15) is 0 Å². The largest absolute Gasteiger partial charge is 0.464 e. The van der Waals surface area contributed by atoms with Crippen LogP contribution in [0.1, 0.15) is 48.0 Å². The predicted octanol–water partition coefficient (Wildman–Crippen LogP) is 2.00. The van der Waals surface area contributed by atoms with Gasteiger partial charge in [0.1, 0.15) is 6.61 Å². The van der Waals surface area contributed by atoms with Gasteiger partial charge in [0.25, 0.3) is 0 Å². The van der Waals surface area contributed by atoms with Gasteiger partial charge in [-0.15, -0.1) is 0 Å². The topological polar surface area (TPSA) is 49.8 Å². The lowest BCUT2D eigenvalue weighted by Gasteiger charge is -2.34. The van der Waals surface area contributed by atoms with Crippen molar-refractivity contribution in [1.82, 2.24) is 4.81 Å². The highest BCUT2D eigenvalue weighted by molar-refractivity contribution is 6.04. The minimum absolute atomic E-state index is 0.0536. The maximum absolute atomic E-state index is 12.3. The molecule has 0 aliphatic rings. The summed E-state index contributed by atoms with van der Waals surface area (Å²) in [4.78, 5) is 13.7. The highest BCUT2D eigenvalue weighted by Gasteiger charge is 2.36. The molecule has 2 radical (unpaired) electrons. The second-order valence-corrected chi connectivity index (χ2v) is 7.82. The van der Waals surface area contributed by atoms with Gasteiger partial charge in [0.05, 0.1) is 18.6 Å². The number of nitrogens with zero attached hydrogens (tertiary/aromatic N) is 1. The summed E-state index contributed by atoms with van der Waals surface area (Å²) in [6.45, 7) is 12.4. The average Bonchev–Trinajstić information content (AvgIpc) is 2.23. The molecule has 0 aliphatic carbocycles. The van der Waals surface area contributed by atoms with Crippen LogP contribution in [0.25, 0.3) is 0 Å². The molecule has 2 unspecified atom stereocenters. The minimum Gasteiger partial charge on any atom is -0.464 e. The Morgan fingerprint density at radius 2 is 1.75 bits per heavy atom. The van der Waals surface area contributed by atoms with E-state index in [9.17, 15) is 9.90 Å². The van der Waals surface area contributed by atoms with Gasteiger partial charge in [-0.25, -0.2) is 0 Å². The predicted molar refractivity (Wildman–Crippen MR) is 82.4 cm³/mol. The second-order valence-electron chi connectivity index (χ2n) is 7.82. The SMILES string of the molecule is [B]N(C)C(CO)COC(=O)C(CC(C)(C)C)C(C)(C)C. The van der Waals surface area contributed by atoms with Crippen molar-refractivity contribution in [1.29, 1.82) is 0 Å². The summed E-state index contributed by atoms with van der Waals surface area (Å²) in [7, 11) is 7.22. The van der Waals surface area contributed by atoms with Crippen LogP contribution in [0, 0.1) is 16.7 Å². The lowest BCUT2D eigenvalue weighted by atomic mass is 9.72. The van der Waals surface area contributed by atoms with Gasteiger partial charge in [-0.3, -0.25) is 4.79 Å². The number of ether oxygens (including phenoxy) is 1. The number of hydrogen-bond donors (Lipinski definition) is 1. The van der Waals surface area contributed by atoms with Crippen molar-refractivity contribution in [3.8, 4) is 0 Å². The zero-order valence-corrected chi connectivity index (χ0v) is 14.1. The van der Waals surface area contributed by atoms with Gasteiger partial charge in [0.15, 0.2) is 7.98 Å². The lowest BCUT2D eigenvalue weighted by molar-refractivity contribution is -0.155. The van der Waals surface area contributed by atoms with Crippen LogP contribution in [0.15, 0.2) is 0 Å². The Morgan fingerprint density at radius 3 is 2.05 bits per heavy atom. The molecule has 20 heavy (non-hydrogen) atoms. The number of rotatable bonds is 6. The molecule has 0 amide bonds. The Kier molecular flexibility index (Phi) is 7.26. The molecule has 4 nitrogen and oxygen atoms in total. The number of esters is 1. The molecule has 0 bridgehead atoms. The highest BCUT2D eigenvalue weighted by Crippen LogP contribution is 2.36. The number of carbonyl (C=O) groups excluding carboxylic acids is 1. The molecular formula is C15H30BNO3. The van der Waals surface area contributed by atoms with Crippen molar-refractivity contribution in [3.05, 3.63) is 0 Å². The third kappa shape index (κ3) is 7.29. The van der Waals surface area contributed by atoms with E-state index in [2.05, 4.69) is 20.8 Å². The van der Waals surface area contributed by atoms with E-state index in [1.807, 2.05) is 20.8 Å². The van der Waals surface area contributed by atoms with E-state index in [1.54, 1.807) is 7.05 Å². The van der Waals surface area contributed by atoms with Crippen LogP contribution in [0.3, 0.4) is 0 Å². The lowest BCUT2D eigenvalue weighted by Crippen LogP contribution is -2.40. The molecule has 0 aromatic heterocycles. The van der Waals surface area contributed by atoms with E-state index in [1.165, 1.54) is 4.81 Å². The molecule has 0 fully saturated rings. The second kappa shape index (κ2) is 7.46. The molecule has 2 atom stereocenters. The van der Waals surface area contributed by atoms with Gasteiger partial charge in [0.2, 0.25) is 0 Å². The van der Waals surface area contributed by atoms with Crippen molar-refractivity contribution in [2.24, 2.45) is 16.7 Å². The van der Waals surface area contributed by atoms with Crippen LogP contribution >= 0.6 is 0 Å². The first-order chi connectivity index (χ1) is 8.88.